The van der Waals surface area contributed by atoms with E-state index in [9.17, 15) is 4.79 Å². The predicted molar refractivity (Wildman–Crippen MR) is 51.7 cm³/mol. The SMILES string of the molecule is CCCCCC(=O)c1ccn(C)n1. The van der Waals surface area contributed by atoms with Crippen molar-refractivity contribution in [1.29, 1.82) is 0 Å². The molecule has 0 aromatic carbocycles. The van der Waals surface area contributed by atoms with Crippen LogP contribution in [0.15, 0.2) is 12.3 Å². The van der Waals surface area contributed by atoms with Gasteiger partial charge < -0.3 is 0 Å². The molecule has 0 fully saturated rings. The van der Waals surface area contributed by atoms with Crippen LogP contribution in [0, 0.1) is 0 Å². The Kier molecular flexibility index (Phi) is 3.68. The zero-order valence-electron chi connectivity index (χ0n) is 8.29. The molecule has 72 valence electrons. The molecule has 0 aliphatic heterocycles. The molecule has 0 spiro atoms. The summed E-state index contributed by atoms with van der Waals surface area (Å²) in [7, 11) is 1.82. The van der Waals surface area contributed by atoms with Crippen LogP contribution in [0.25, 0.3) is 0 Å². The van der Waals surface area contributed by atoms with Crippen LogP contribution >= 0.6 is 0 Å². The highest BCUT2D eigenvalue weighted by Gasteiger charge is 2.07. The van der Waals surface area contributed by atoms with Gasteiger partial charge in [-0.3, -0.25) is 9.48 Å². The minimum absolute atomic E-state index is 0.161. The van der Waals surface area contributed by atoms with E-state index < -0.39 is 0 Å². The molecule has 13 heavy (non-hydrogen) atoms. The van der Waals surface area contributed by atoms with Crippen molar-refractivity contribution in [2.45, 2.75) is 32.6 Å². The second-order valence-electron chi connectivity index (χ2n) is 3.25. The largest absolute Gasteiger partial charge is 0.292 e. The molecule has 1 rings (SSSR count). The van der Waals surface area contributed by atoms with Crippen LogP contribution in [-0.2, 0) is 7.05 Å². The number of rotatable bonds is 5. The molecule has 0 aliphatic rings. The van der Waals surface area contributed by atoms with Crippen LogP contribution < -0.4 is 0 Å². The lowest BCUT2D eigenvalue weighted by Crippen LogP contribution is -2.01. The van der Waals surface area contributed by atoms with Crippen LogP contribution in [0.5, 0.6) is 0 Å². The molecule has 0 saturated carbocycles. The summed E-state index contributed by atoms with van der Waals surface area (Å²) in [6.45, 7) is 2.13. The number of ketones is 1. The van der Waals surface area contributed by atoms with Crippen molar-refractivity contribution in [3.63, 3.8) is 0 Å². The summed E-state index contributed by atoms with van der Waals surface area (Å²) in [6, 6.07) is 1.77. The van der Waals surface area contributed by atoms with Gasteiger partial charge in [-0.25, -0.2) is 0 Å². The highest BCUT2D eigenvalue weighted by Crippen LogP contribution is 2.05. The Morgan fingerprint density at radius 2 is 2.31 bits per heavy atom. The van der Waals surface area contributed by atoms with E-state index in [2.05, 4.69) is 12.0 Å². The number of hydrogen-bond acceptors (Lipinski definition) is 2. The zero-order chi connectivity index (χ0) is 9.68. The lowest BCUT2D eigenvalue weighted by Gasteiger charge is -1.95. The normalized spacial score (nSPS) is 10.3. The van der Waals surface area contributed by atoms with Crippen LogP contribution in [0.3, 0.4) is 0 Å². The molecule has 1 heterocycles. The van der Waals surface area contributed by atoms with Gasteiger partial charge in [-0.05, 0) is 12.5 Å². The van der Waals surface area contributed by atoms with E-state index in [-0.39, 0.29) is 5.78 Å². The van der Waals surface area contributed by atoms with Crippen molar-refractivity contribution < 1.29 is 4.79 Å². The van der Waals surface area contributed by atoms with Crippen LogP contribution in [0.4, 0.5) is 0 Å². The Morgan fingerprint density at radius 3 is 2.85 bits per heavy atom. The van der Waals surface area contributed by atoms with E-state index in [1.54, 1.807) is 16.9 Å². The minimum Gasteiger partial charge on any atom is -0.292 e. The Hall–Kier alpha value is -1.12. The summed E-state index contributed by atoms with van der Waals surface area (Å²) >= 11 is 0. The average Bonchev–Trinajstić information content (AvgIpc) is 2.52. The second-order valence-corrected chi connectivity index (χ2v) is 3.25. The van der Waals surface area contributed by atoms with Crippen molar-refractivity contribution >= 4 is 5.78 Å². The molecule has 0 unspecified atom stereocenters. The van der Waals surface area contributed by atoms with Gasteiger partial charge in [0.25, 0.3) is 0 Å². The fourth-order valence-corrected chi connectivity index (χ4v) is 1.23. The van der Waals surface area contributed by atoms with Gasteiger partial charge >= 0.3 is 0 Å². The van der Waals surface area contributed by atoms with Crippen molar-refractivity contribution in [1.82, 2.24) is 9.78 Å². The van der Waals surface area contributed by atoms with Crippen molar-refractivity contribution in [2.24, 2.45) is 7.05 Å². The minimum atomic E-state index is 0.161. The molecule has 3 nitrogen and oxygen atoms in total. The van der Waals surface area contributed by atoms with Crippen molar-refractivity contribution in [3.8, 4) is 0 Å². The zero-order valence-corrected chi connectivity index (χ0v) is 8.29. The Labute approximate surface area is 78.8 Å². The molecule has 1 aromatic heterocycles. The standard InChI is InChI=1S/C10H16N2O/c1-3-4-5-6-10(13)9-7-8-12(2)11-9/h7-8H,3-6H2,1-2H3. The first-order valence-corrected chi connectivity index (χ1v) is 4.77. The van der Waals surface area contributed by atoms with Gasteiger partial charge in [-0.15, -0.1) is 0 Å². The molecular weight excluding hydrogens is 164 g/mol. The summed E-state index contributed by atoms with van der Waals surface area (Å²) < 4.78 is 1.66. The summed E-state index contributed by atoms with van der Waals surface area (Å²) in [4.78, 5) is 11.5. The monoisotopic (exact) mass is 180 g/mol. The molecular formula is C10H16N2O. The number of unbranched alkanes of at least 4 members (excludes halogenated alkanes) is 2. The van der Waals surface area contributed by atoms with Gasteiger partial charge in [0, 0.05) is 19.7 Å². The third kappa shape index (κ3) is 3.01. The summed E-state index contributed by atoms with van der Waals surface area (Å²) in [5, 5.41) is 4.06. The maximum atomic E-state index is 11.5. The second kappa shape index (κ2) is 4.80. The lowest BCUT2D eigenvalue weighted by molar-refractivity contribution is 0.0974. The molecule has 0 bridgehead atoms. The highest BCUT2D eigenvalue weighted by molar-refractivity contribution is 5.94. The Balaban J connectivity index is 2.40. The molecule has 3 heteroatoms. The lowest BCUT2D eigenvalue weighted by atomic mass is 10.1. The van der Waals surface area contributed by atoms with Crippen LogP contribution in [0.1, 0.15) is 43.1 Å². The average molecular weight is 180 g/mol. The number of carbonyl (C=O) groups is 1. The van der Waals surface area contributed by atoms with Gasteiger partial charge in [0.1, 0.15) is 5.69 Å². The van der Waals surface area contributed by atoms with E-state index in [4.69, 9.17) is 0 Å². The van der Waals surface area contributed by atoms with Crippen molar-refractivity contribution in [3.05, 3.63) is 18.0 Å². The molecule has 0 atom stereocenters. The van der Waals surface area contributed by atoms with E-state index in [1.165, 1.54) is 0 Å². The van der Waals surface area contributed by atoms with Crippen LogP contribution in [0.2, 0.25) is 0 Å². The number of nitrogens with zero attached hydrogens (tertiary/aromatic N) is 2. The van der Waals surface area contributed by atoms with E-state index in [0.717, 1.165) is 19.3 Å². The number of hydrogen-bond donors (Lipinski definition) is 0. The molecule has 0 amide bonds. The maximum Gasteiger partial charge on any atom is 0.183 e. The molecule has 1 aromatic rings. The predicted octanol–water partition coefficient (Wildman–Crippen LogP) is 2.18. The molecule has 0 N–H and O–H groups in total. The molecule has 0 aliphatic carbocycles. The van der Waals surface area contributed by atoms with Gasteiger partial charge in [-0.1, -0.05) is 19.8 Å². The summed E-state index contributed by atoms with van der Waals surface area (Å²) in [6.07, 6.45) is 5.68. The summed E-state index contributed by atoms with van der Waals surface area (Å²) in [5.74, 6) is 0.161. The first-order valence-electron chi connectivity index (χ1n) is 4.77. The maximum absolute atomic E-state index is 11.5. The number of carbonyl (C=O) groups excluding carboxylic acids is 1. The number of aromatic nitrogens is 2. The van der Waals surface area contributed by atoms with E-state index in [0.29, 0.717) is 12.1 Å². The fourth-order valence-electron chi connectivity index (χ4n) is 1.23. The van der Waals surface area contributed by atoms with Crippen molar-refractivity contribution in [2.75, 3.05) is 0 Å². The third-order valence-electron chi connectivity index (χ3n) is 2.01. The van der Waals surface area contributed by atoms with Gasteiger partial charge in [-0.2, -0.15) is 5.10 Å². The molecule has 0 radical (unpaired) electrons. The highest BCUT2D eigenvalue weighted by atomic mass is 16.1. The third-order valence-corrected chi connectivity index (χ3v) is 2.01. The first-order chi connectivity index (χ1) is 6.24. The topological polar surface area (TPSA) is 34.9 Å². The number of Topliss-reactive ketones (excluding diaryl/α,β-unsaturated/α-hetero) is 1. The van der Waals surface area contributed by atoms with E-state index >= 15 is 0 Å². The van der Waals surface area contributed by atoms with Gasteiger partial charge in [0.05, 0.1) is 0 Å². The van der Waals surface area contributed by atoms with Crippen LogP contribution in [-0.4, -0.2) is 15.6 Å². The quantitative estimate of drug-likeness (QED) is 0.514. The van der Waals surface area contributed by atoms with E-state index in [1.807, 2.05) is 7.05 Å². The molecule has 0 saturated heterocycles. The van der Waals surface area contributed by atoms with Gasteiger partial charge in [0.15, 0.2) is 5.78 Å². The Bertz CT molecular complexity index is 278. The first kappa shape index (κ1) is 9.96. The number of aryl methyl sites for hydroxylation is 1. The van der Waals surface area contributed by atoms with Gasteiger partial charge in [0.2, 0.25) is 0 Å². The smallest absolute Gasteiger partial charge is 0.183 e. The fraction of sp³-hybridized carbons (Fsp3) is 0.600. The Morgan fingerprint density at radius 1 is 1.54 bits per heavy atom. The summed E-state index contributed by atoms with van der Waals surface area (Å²) in [5.41, 5.74) is 0.596.